The molecule has 0 aliphatic carbocycles. The molecule has 0 atom stereocenters. The molecule has 0 fully saturated rings. The Morgan fingerprint density at radius 3 is 2.14 bits per heavy atom. The van der Waals surface area contributed by atoms with Gasteiger partial charge in [-0.05, 0) is 6.92 Å². The van der Waals surface area contributed by atoms with Gasteiger partial charge in [-0.2, -0.15) is 0 Å². The van der Waals surface area contributed by atoms with Crippen LogP contribution in [0.3, 0.4) is 0 Å². The summed E-state index contributed by atoms with van der Waals surface area (Å²) in [5, 5.41) is 26.0. The van der Waals surface area contributed by atoms with E-state index in [1.54, 1.807) is 0 Å². The standard InChI is InChI=1S/C7H14N2O5/c1-3-9(7(13)14)6(12)8(2)5(11)4-10/h7,10,13-14H,3-4H2,1-2H3. The van der Waals surface area contributed by atoms with Crippen molar-refractivity contribution in [1.29, 1.82) is 0 Å². The Labute approximate surface area is 81.2 Å². The number of amides is 3. The van der Waals surface area contributed by atoms with E-state index in [2.05, 4.69) is 0 Å². The van der Waals surface area contributed by atoms with Gasteiger partial charge in [-0.15, -0.1) is 0 Å². The van der Waals surface area contributed by atoms with Crippen LogP contribution in [0, 0.1) is 0 Å². The van der Waals surface area contributed by atoms with Crippen molar-refractivity contribution in [3.63, 3.8) is 0 Å². The second kappa shape index (κ2) is 5.53. The molecule has 0 aromatic heterocycles. The highest BCUT2D eigenvalue weighted by atomic mass is 16.5. The maximum Gasteiger partial charge on any atom is 0.330 e. The van der Waals surface area contributed by atoms with Crippen LogP contribution in [0.2, 0.25) is 0 Å². The van der Waals surface area contributed by atoms with Crippen LogP contribution in [-0.4, -0.2) is 63.7 Å². The predicted octanol–water partition coefficient (Wildman–Crippen LogP) is -1.85. The molecular formula is C7H14N2O5. The third-order valence-electron chi connectivity index (χ3n) is 1.66. The molecule has 0 bridgehead atoms. The summed E-state index contributed by atoms with van der Waals surface area (Å²) in [6.45, 7) is 0.759. The summed E-state index contributed by atoms with van der Waals surface area (Å²) in [5.74, 6) is -0.811. The number of hydrogen-bond acceptors (Lipinski definition) is 5. The van der Waals surface area contributed by atoms with Gasteiger partial charge >= 0.3 is 6.03 Å². The van der Waals surface area contributed by atoms with Crippen molar-refractivity contribution < 1.29 is 24.9 Å². The number of imide groups is 1. The predicted molar refractivity (Wildman–Crippen MR) is 45.9 cm³/mol. The molecule has 0 unspecified atom stereocenters. The quantitative estimate of drug-likeness (QED) is 0.470. The summed E-state index contributed by atoms with van der Waals surface area (Å²) >= 11 is 0. The van der Waals surface area contributed by atoms with Gasteiger partial charge in [-0.25, -0.2) is 4.79 Å². The van der Waals surface area contributed by atoms with E-state index in [0.717, 1.165) is 7.05 Å². The molecule has 0 spiro atoms. The molecule has 7 heteroatoms. The SMILES string of the molecule is CCN(C(=O)N(C)C(=O)CO)C(O)O. The fourth-order valence-electron chi connectivity index (χ4n) is 0.803. The molecular weight excluding hydrogens is 192 g/mol. The monoisotopic (exact) mass is 206 g/mol. The number of nitrogens with zero attached hydrogens (tertiary/aromatic N) is 2. The maximum absolute atomic E-state index is 11.3. The Bertz CT molecular complexity index is 218. The van der Waals surface area contributed by atoms with Crippen LogP contribution >= 0.6 is 0 Å². The second-order valence-corrected chi connectivity index (χ2v) is 2.53. The van der Waals surface area contributed by atoms with Gasteiger partial charge in [0.15, 0.2) is 0 Å². The van der Waals surface area contributed by atoms with Gasteiger partial charge < -0.3 is 15.3 Å². The minimum atomic E-state index is -1.96. The molecule has 82 valence electrons. The lowest BCUT2D eigenvalue weighted by Crippen LogP contribution is -2.49. The topological polar surface area (TPSA) is 101 Å². The molecule has 0 saturated heterocycles. The van der Waals surface area contributed by atoms with Crippen molar-refractivity contribution >= 4 is 11.9 Å². The van der Waals surface area contributed by atoms with E-state index < -0.39 is 25.0 Å². The molecule has 14 heavy (non-hydrogen) atoms. The van der Waals surface area contributed by atoms with Crippen molar-refractivity contribution in [1.82, 2.24) is 9.80 Å². The normalized spacial score (nSPS) is 10.1. The van der Waals surface area contributed by atoms with Crippen LogP contribution in [0.4, 0.5) is 4.79 Å². The van der Waals surface area contributed by atoms with Gasteiger partial charge in [-0.3, -0.25) is 14.6 Å². The molecule has 0 aliphatic heterocycles. The first-order chi connectivity index (χ1) is 6.45. The lowest BCUT2D eigenvalue weighted by molar-refractivity contribution is -0.142. The van der Waals surface area contributed by atoms with Gasteiger partial charge in [0.25, 0.3) is 5.91 Å². The second-order valence-electron chi connectivity index (χ2n) is 2.53. The third kappa shape index (κ3) is 2.95. The van der Waals surface area contributed by atoms with Crippen LogP contribution in [0.25, 0.3) is 0 Å². The smallest absolute Gasteiger partial charge is 0.330 e. The summed E-state index contributed by atoms with van der Waals surface area (Å²) in [5.41, 5.74) is 0. The average molecular weight is 206 g/mol. The highest BCUT2D eigenvalue weighted by molar-refractivity contribution is 5.94. The minimum Gasteiger partial charge on any atom is -0.387 e. The average Bonchev–Trinajstić information content (AvgIpc) is 2.15. The fourth-order valence-corrected chi connectivity index (χ4v) is 0.803. The summed E-state index contributed by atoms with van der Waals surface area (Å²) in [6, 6.07) is -0.874. The number of likely N-dealkylation sites (N-methyl/N-ethyl adjacent to an activating group) is 1. The number of rotatable bonds is 3. The van der Waals surface area contributed by atoms with Crippen LogP contribution < -0.4 is 0 Å². The summed E-state index contributed by atoms with van der Waals surface area (Å²) in [4.78, 5) is 23.5. The molecule has 3 N–H and O–H groups in total. The Hall–Kier alpha value is -1.18. The Morgan fingerprint density at radius 2 is 1.86 bits per heavy atom. The van der Waals surface area contributed by atoms with Gasteiger partial charge in [0.2, 0.25) is 6.41 Å². The first-order valence-electron chi connectivity index (χ1n) is 3.99. The van der Waals surface area contributed by atoms with E-state index in [1.807, 2.05) is 0 Å². The fraction of sp³-hybridized carbons (Fsp3) is 0.714. The van der Waals surface area contributed by atoms with Crippen LogP contribution in [0.1, 0.15) is 6.92 Å². The number of aliphatic hydroxyl groups excluding tert-OH is 2. The minimum absolute atomic E-state index is 0.0412. The first kappa shape index (κ1) is 12.8. The maximum atomic E-state index is 11.3. The number of carbonyl (C=O) groups is 2. The van der Waals surface area contributed by atoms with Gasteiger partial charge in [0.05, 0.1) is 0 Å². The van der Waals surface area contributed by atoms with Crippen LogP contribution in [0.15, 0.2) is 0 Å². The Balaban J connectivity index is 4.50. The molecule has 0 aliphatic rings. The van der Waals surface area contributed by atoms with Crippen molar-refractivity contribution in [2.45, 2.75) is 13.3 Å². The molecule has 0 saturated carbocycles. The molecule has 0 rings (SSSR count). The number of urea groups is 1. The zero-order chi connectivity index (χ0) is 11.3. The molecule has 0 heterocycles. The van der Waals surface area contributed by atoms with E-state index in [1.165, 1.54) is 6.92 Å². The van der Waals surface area contributed by atoms with Crippen molar-refractivity contribution in [2.75, 3.05) is 20.2 Å². The molecule has 7 nitrogen and oxygen atoms in total. The Morgan fingerprint density at radius 1 is 1.36 bits per heavy atom. The van der Waals surface area contributed by atoms with E-state index in [-0.39, 0.29) is 6.54 Å². The van der Waals surface area contributed by atoms with E-state index in [0.29, 0.717) is 9.80 Å². The van der Waals surface area contributed by atoms with E-state index in [9.17, 15) is 9.59 Å². The highest BCUT2D eigenvalue weighted by Crippen LogP contribution is 1.99. The number of carbonyl (C=O) groups excluding carboxylic acids is 2. The van der Waals surface area contributed by atoms with Crippen molar-refractivity contribution in [3.05, 3.63) is 0 Å². The third-order valence-corrected chi connectivity index (χ3v) is 1.66. The van der Waals surface area contributed by atoms with Crippen LogP contribution in [-0.2, 0) is 4.79 Å². The van der Waals surface area contributed by atoms with Gasteiger partial charge in [0.1, 0.15) is 6.61 Å². The molecule has 3 amide bonds. The highest BCUT2D eigenvalue weighted by Gasteiger charge is 2.24. The van der Waals surface area contributed by atoms with Gasteiger partial charge in [-0.1, -0.05) is 0 Å². The van der Waals surface area contributed by atoms with E-state index >= 15 is 0 Å². The van der Waals surface area contributed by atoms with Gasteiger partial charge in [0, 0.05) is 13.6 Å². The summed E-state index contributed by atoms with van der Waals surface area (Å²) < 4.78 is 0. The van der Waals surface area contributed by atoms with E-state index in [4.69, 9.17) is 15.3 Å². The molecule has 0 radical (unpaired) electrons. The van der Waals surface area contributed by atoms with Crippen molar-refractivity contribution in [2.24, 2.45) is 0 Å². The number of aliphatic hydroxyl groups is 3. The Kier molecular flexibility index (Phi) is 5.06. The lowest BCUT2D eigenvalue weighted by atomic mass is 10.5. The van der Waals surface area contributed by atoms with Crippen molar-refractivity contribution in [3.8, 4) is 0 Å². The molecule has 0 aromatic rings. The molecule has 0 aromatic carbocycles. The van der Waals surface area contributed by atoms with Crippen LogP contribution in [0.5, 0.6) is 0 Å². The largest absolute Gasteiger partial charge is 0.387 e. The summed E-state index contributed by atoms with van der Waals surface area (Å²) in [7, 11) is 1.14. The lowest BCUT2D eigenvalue weighted by Gasteiger charge is -2.26. The zero-order valence-electron chi connectivity index (χ0n) is 8.04. The first-order valence-corrected chi connectivity index (χ1v) is 3.99. The number of hydrogen-bond donors (Lipinski definition) is 3. The zero-order valence-corrected chi connectivity index (χ0v) is 8.04. The summed E-state index contributed by atoms with van der Waals surface area (Å²) in [6.07, 6.45) is -1.96.